The summed E-state index contributed by atoms with van der Waals surface area (Å²) in [6.07, 6.45) is 0. The Labute approximate surface area is 196 Å². The molecule has 1 aromatic heterocycles. The van der Waals surface area contributed by atoms with Gasteiger partial charge in [0.05, 0.1) is 15.7 Å². The topological polar surface area (TPSA) is 117 Å². The van der Waals surface area contributed by atoms with Crippen molar-refractivity contribution in [2.24, 2.45) is 0 Å². The van der Waals surface area contributed by atoms with Gasteiger partial charge in [0.15, 0.2) is 16.8 Å². The summed E-state index contributed by atoms with van der Waals surface area (Å²) in [7, 11) is -4.43. The number of aromatic hydroxyl groups is 2. The summed E-state index contributed by atoms with van der Waals surface area (Å²) in [5.74, 6) is -1.05. The van der Waals surface area contributed by atoms with Gasteiger partial charge in [-0.05, 0) is 36.4 Å². The van der Waals surface area contributed by atoms with Gasteiger partial charge >= 0.3 is 0 Å². The highest BCUT2D eigenvalue weighted by molar-refractivity contribution is 7.92. The van der Waals surface area contributed by atoms with E-state index in [0.29, 0.717) is 10.6 Å². The van der Waals surface area contributed by atoms with Crippen LogP contribution in [0.2, 0.25) is 15.1 Å². The quantitative estimate of drug-likeness (QED) is 0.305. The van der Waals surface area contributed by atoms with Crippen LogP contribution in [0.1, 0.15) is 0 Å². The predicted octanol–water partition coefficient (Wildman–Crippen LogP) is 5.63. The van der Waals surface area contributed by atoms with Crippen molar-refractivity contribution in [3.63, 3.8) is 0 Å². The van der Waals surface area contributed by atoms with Crippen molar-refractivity contribution in [3.05, 3.63) is 79.9 Å². The molecule has 1 heterocycles. The second kappa shape index (κ2) is 8.22. The molecule has 0 saturated carbocycles. The summed E-state index contributed by atoms with van der Waals surface area (Å²) in [4.78, 5) is 12.1. The van der Waals surface area contributed by atoms with E-state index in [1.165, 1.54) is 12.1 Å². The van der Waals surface area contributed by atoms with Crippen LogP contribution in [-0.4, -0.2) is 18.6 Å². The van der Waals surface area contributed by atoms with Crippen LogP contribution in [0.3, 0.4) is 0 Å². The number of anilines is 1. The van der Waals surface area contributed by atoms with E-state index in [1.54, 1.807) is 24.3 Å². The predicted molar refractivity (Wildman–Crippen MR) is 124 cm³/mol. The molecule has 7 nitrogen and oxygen atoms in total. The van der Waals surface area contributed by atoms with E-state index in [1.807, 2.05) is 0 Å². The van der Waals surface area contributed by atoms with Gasteiger partial charge < -0.3 is 14.6 Å². The second-order valence-electron chi connectivity index (χ2n) is 6.63. The summed E-state index contributed by atoms with van der Waals surface area (Å²) in [6.45, 7) is 0. The van der Waals surface area contributed by atoms with E-state index in [-0.39, 0.29) is 32.5 Å². The van der Waals surface area contributed by atoms with Crippen molar-refractivity contribution in [1.29, 1.82) is 0 Å². The van der Waals surface area contributed by atoms with Crippen LogP contribution in [-0.2, 0) is 10.0 Å². The van der Waals surface area contributed by atoms with E-state index in [0.717, 1.165) is 18.2 Å². The molecule has 0 atom stereocenters. The van der Waals surface area contributed by atoms with Crippen molar-refractivity contribution in [2.45, 2.75) is 4.90 Å². The molecule has 0 aliphatic carbocycles. The smallest absolute Gasteiger partial charge is 0.265 e. The Morgan fingerprint density at radius 2 is 1.62 bits per heavy atom. The number of rotatable bonds is 4. The minimum Gasteiger partial charge on any atom is -0.507 e. The van der Waals surface area contributed by atoms with Gasteiger partial charge in [-0.1, -0.05) is 46.9 Å². The lowest BCUT2D eigenvalue weighted by Gasteiger charge is -2.13. The first-order valence-electron chi connectivity index (χ1n) is 8.84. The highest BCUT2D eigenvalue weighted by atomic mass is 35.5. The molecule has 0 unspecified atom stereocenters. The number of sulfonamides is 1. The Hall–Kier alpha value is -2.91. The van der Waals surface area contributed by atoms with E-state index in [2.05, 4.69) is 4.72 Å². The van der Waals surface area contributed by atoms with Gasteiger partial charge in [0.25, 0.3) is 10.0 Å². The molecule has 164 valence electrons. The van der Waals surface area contributed by atoms with Crippen molar-refractivity contribution < 1.29 is 23.0 Å². The molecule has 0 aliphatic heterocycles. The van der Waals surface area contributed by atoms with Crippen molar-refractivity contribution in [1.82, 2.24) is 0 Å². The minimum absolute atomic E-state index is 0.0173. The lowest BCUT2D eigenvalue weighted by molar-refractivity contribution is 0.459. The first kappa shape index (κ1) is 22.3. The molecule has 11 heteroatoms. The van der Waals surface area contributed by atoms with E-state index in [9.17, 15) is 23.4 Å². The largest absolute Gasteiger partial charge is 0.507 e. The van der Waals surface area contributed by atoms with Crippen LogP contribution in [0.15, 0.2) is 68.7 Å². The van der Waals surface area contributed by atoms with Crippen molar-refractivity contribution in [3.8, 4) is 22.8 Å². The van der Waals surface area contributed by atoms with Crippen molar-refractivity contribution in [2.75, 3.05) is 4.72 Å². The van der Waals surface area contributed by atoms with Gasteiger partial charge in [-0.3, -0.25) is 9.52 Å². The zero-order valence-electron chi connectivity index (χ0n) is 15.8. The van der Waals surface area contributed by atoms with Gasteiger partial charge in [0.2, 0.25) is 0 Å². The molecule has 3 aromatic carbocycles. The summed E-state index contributed by atoms with van der Waals surface area (Å²) >= 11 is 17.9. The Balaban J connectivity index is 1.93. The average Bonchev–Trinajstić information content (AvgIpc) is 2.72. The maximum atomic E-state index is 13.0. The fraction of sp³-hybridized carbons (Fsp3) is 0. The Morgan fingerprint density at radius 3 is 2.34 bits per heavy atom. The monoisotopic (exact) mass is 511 g/mol. The molecule has 4 rings (SSSR count). The van der Waals surface area contributed by atoms with Crippen LogP contribution in [0.25, 0.3) is 22.3 Å². The number of phenolic OH excluding ortho intramolecular Hbond substituents is 2. The number of phenols is 2. The SMILES string of the molecule is O=c1cc(-c2ccccc2Cl)oc2c(NS(=O)(=O)c3cc(Cl)cc(Cl)c3O)ccc(O)c12. The van der Waals surface area contributed by atoms with E-state index >= 15 is 0 Å². The number of benzene rings is 3. The van der Waals surface area contributed by atoms with Gasteiger partial charge in [0.1, 0.15) is 21.8 Å². The highest BCUT2D eigenvalue weighted by Crippen LogP contribution is 2.38. The maximum absolute atomic E-state index is 13.0. The summed E-state index contributed by atoms with van der Waals surface area (Å²) < 4.78 is 33.9. The fourth-order valence-electron chi connectivity index (χ4n) is 3.07. The lowest BCUT2D eigenvalue weighted by atomic mass is 10.1. The number of halogens is 3. The Morgan fingerprint density at radius 1 is 0.906 bits per heavy atom. The highest BCUT2D eigenvalue weighted by Gasteiger charge is 2.24. The van der Waals surface area contributed by atoms with E-state index < -0.39 is 31.8 Å². The first-order chi connectivity index (χ1) is 15.1. The Bertz CT molecular complexity index is 1550. The maximum Gasteiger partial charge on any atom is 0.265 e. The second-order valence-corrected chi connectivity index (χ2v) is 9.53. The van der Waals surface area contributed by atoms with Crippen LogP contribution in [0.5, 0.6) is 11.5 Å². The van der Waals surface area contributed by atoms with Crippen LogP contribution >= 0.6 is 34.8 Å². The molecule has 0 fully saturated rings. The average molecular weight is 513 g/mol. The Kier molecular flexibility index (Phi) is 5.72. The number of hydrogen-bond acceptors (Lipinski definition) is 6. The normalized spacial score (nSPS) is 11.6. The molecular weight excluding hydrogens is 501 g/mol. The first-order valence-corrected chi connectivity index (χ1v) is 11.5. The molecule has 0 aliphatic rings. The summed E-state index contributed by atoms with van der Waals surface area (Å²) in [5, 5.41) is 20.1. The molecule has 0 spiro atoms. The standard InChI is InChI=1S/C21H12Cl3NO6S/c22-10-7-13(24)20(28)18(8-10)32(29,30)25-14-5-6-15(26)19-16(27)9-17(31-21(14)19)11-3-1-2-4-12(11)23/h1-9,25-26,28H. The summed E-state index contributed by atoms with van der Waals surface area (Å²) in [6, 6.07) is 12.3. The molecule has 0 bridgehead atoms. The lowest BCUT2D eigenvalue weighted by Crippen LogP contribution is -2.14. The minimum atomic E-state index is -4.43. The number of hydrogen-bond donors (Lipinski definition) is 3. The fourth-order valence-corrected chi connectivity index (χ4v) is 5.12. The number of fused-ring (bicyclic) bond motifs is 1. The van der Waals surface area contributed by atoms with E-state index in [4.69, 9.17) is 39.2 Å². The number of nitrogens with one attached hydrogen (secondary N) is 1. The molecule has 0 saturated heterocycles. The molecular formula is C21H12Cl3NO6S. The third-order valence-corrected chi connectivity index (χ3v) is 6.74. The molecule has 32 heavy (non-hydrogen) atoms. The third-order valence-electron chi connectivity index (χ3n) is 4.52. The molecule has 3 N–H and O–H groups in total. The van der Waals surface area contributed by atoms with Crippen molar-refractivity contribution >= 4 is 61.5 Å². The molecule has 4 aromatic rings. The summed E-state index contributed by atoms with van der Waals surface area (Å²) in [5.41, 5.74) is -0.624. The zero-order chi connectivity index (χ0) is 23.2. The van der Waals surface area contributed by atoms with Gasteiger partial charge in [-0.15, -0.1) is 0 Å². The van der Waals surface area contributed by atoms with Gasteiger partial charge in [-0.25, -0.2) is 8.42 Å². The zero-order valence-corrected chi connectivity index (χ0v) is 18.8. The third kappa shape index (κ3) is 3.98. The van der Waals surface area contributed by atoms with Crippen LogP contribution in [0.4, 0.5) is 5.69 Å². The van der Waals surface area contributed by atoms with Gasteiger partial charge in [0, 0.05) is 16.7 Å². The van der Waals surface area contributed by atoms with Crippen LogP contribution < -0.4 is 10.2 Å². The van der Waals surface area contributed by atoms with Gasteiger partial charge in [-0.2, -0.15) is 0 Å². The molecule has 0 radical (unpaired) electrons. The van der Waals surface area contributed by atoms with Crippen LogP contribution in [0, 0.1) is 0 Å². The molecule has 0 amide bonds.